The molecule has 5 aromatic rings. The number of nitrogens with one attached hydrogen (secondary N) is 2. The summed E-state index contributed by atoms with van der Waals surface area (Å²) in [7, 11) is -13.7. The van der Waals surface area contributed by atoms with Crippen LogP contribution in [-0.4, -0.2) is 99.2 Å². The molecule has 0 saturated heterocycles. The number of benzene rings is 2. The van der Waals surface area contributed by atoms with Gasteiger partial charge in [-0.3, -0.25) is 18.7 Å². The summed E-state index contributed by atoms with van der Waals surface area (Å²) in [5.41, 5.74) is -6.30. The number of anilines is 1. The van der Waals surface area contributed by atoms with E-state index in [0.29, 0.717) is 12.3 Å². The zero-order chi connectivity index (χ0) is 54.3. The minimum absolute atomic E-state index is 0.135. The molecular formula is C42H38ClF10N8O9PS2. The van der Waals surface area contributed by atoms with Crippen molar-refractivity contribution >= 4 is 67.7 Å². The van der Waals surface area contributed by atoms with Crippen LogP contribution in [0, 0.1) is 29.4 Å². The molecule has 2 aliphatic rings. The van der Waals surface area contributed by atoms with E-state index in [2.05, 4.69) is 32.3 Å². The number of fused-ring (bicyclic) bond motifs is 4. The molecule has 1 unspecified atom stereocenters. The van der Waals surface area contributed by atoms with Crippen LogP contribution in [0.4, 0.5) is 54.5 Å². The highest BCUT2D eigenvalue weighted by atomic mass is 35.5. The third kappa shape index (κ3) is 11.6. The lowest BCUT2D eigenvalue weighted by Gasteiger charge is -2.23. The number of hydrogen-bond donors (Lipinski definition) is 4. The van der Waals surface area contributed by atoms with Gasteiger partial charge in [-0.2, -0.15) is 49.6 Å². The standard InChI is InChI=1S/C42H38ClF10N8O9PS2/c1-39(2,72(3,67)68)10-9-23-5-6-24(25-7-8-28(43)32-34(25)60(19-40(46,47)48)58-37(32)61(73(4,69)70)38(63)54-11-12-71(64,65)66)33(55-23)29(15-20-13-21(44)16-22(45)14-20)56-30(62)18-59-36-31(35(57-59)42(51,52)53)26-17-27(26)41(36,49)50/h5-8,13-14,16,26-27,29H,11-12,15,17-19H2,1-4H3,(H,54,63)(H,56,62)(H2,64,65,66)/t26-,27+,29?/m0/s1. The first-order valence-corrected chi connectivity index (χ1v) is 26.9. The van der Waals surface area contributed by atoms with E-state index in [1.165, 1.54) is 13.8 Å². The lowest BCUT2D eigenvalue weighted by Crippen LogP contribution is -2.44. The van der Waals surface area contributed by atoms with E-state index < -0.39 is 174 Å². The molecule has 3 amide bonds. The Bertz CT molecular complexity index is 3420. The molecule has 1 saturated carbocycles. The van der Waals surface area contributed by atoms with E-state index in [4.69, 9.17) is 11.6 Å². The Morgan fingerprint density at radius 1 is 0.973 bits per heavy atom. The average Bonchev–Trinajstić information content (AvgIpc) is 3.73. The number of sulfone groups is 1. The van der Waals surface area contributed by atoms with Crippen molar-refractivity contribution in [3.63, 3.8) is 0 Å². The van der Waals surface area contributed by atoms with E-state index in [0.717, 1.165) is 42.7 Å². The monoisotopic (exact) mass is 1120 g/mol. The molecule has 7 rings (SSSR count). The van der Waals surface area contributed by atoms with Crippen LogP contribution >= 0.6 is 19.2 Å². The summed E-state index contributed by atoms with van der Waals surface area (Å²) < 4.78 is 208. The number of carbonyl (C=O) groups is 2. The van der Waals surface area contributed by atoms with Gasteiger partial charge in [0.15, 0.2) is 21.3 Å². The number of sulfonamides is 1. The lowest BCUT2D eigenvalue weighted by molar-refractivity contribution is -0.143. The van der Waals surface area contributed by atoms with Crippen molar-refractivity contribution in [2.45, 2.75) is 74.8 Å². The number of carbonyl (C=O) groups excluding carboxylic acids is 2. The molecular weight excluding hydrogens is 1080 g/mol. The van der Waals surface area contributed by atoms with Crippen molar-refractivity contribution < 1.29 is 84.7 Å². The first-order chi connectivity index (χ1) is 33.4. The molecule has 73 heavy (non-hydrogen) atoms. The summed E-state index contributed by atoms with van der Waals surface area (Å²) in [6.45, 7) is -1.82. The van der Waals surface area contributed by atoms with Crippen LogP contribution in [-0.2, 0) is 60.8 Å². The quantitative estimate of drug-likeness (QED) is 0.0503. The van der Waals surface area contributed by atoms with E-state index in [-0.39, 0.29) is 36.9 Å². The van der Waals surface area contributed by atoms with Crippen molar-refractivity contribution in [3.8, 4) is 23.0 Å². The van der Waals surface area contributed by atoms with Gasteiger partial charge < -0.3 is 20.4 Å². The first kappa shape index (κ1) is 55.0. The number of amides is 3. The summed E-state index contributed by atoms with van der Waals surface area (Å²) in [5, 5.41) is 10.3. The van der Waals surface area contributed by atoms with Crippen LogP contribution in [0.3, 0.4) is 0 Å². The molecule has 2 aliphatic carbocycles. The topological polar surface area (TPSA) is 236 Å². The van der Waals surface area contributed by atoms with Crippen molar-refractivity contribution in [2.75, 3.05) is 29.5 Å². The first-order valence-electron chi connectivity index (χ1n) is 21.0. The summed E-state index contributed by atoms with van der Waals surface area (Å²) in [6.07, 6.45) is -11.2. The molecule has 17 nitrogen and oxygen atoms in total. The molecule has 2 aromatic carbocycles. The van der Waals surface area contributed by atoms with Gasteiger partial charge in [-0.15, -0.1) is 0 Å². The number of pyridine rings is 1. The highest BCUT2D eigenvalue weighted by Crippen LogP contribution is 2.68. The minimum atomic E-state index is -5.24. The number of nitrogens with zero attached hydrogens (tertiary/aromatic N) is 6. The van der Waals surface area contributed by atoms with E-state index in [1.807, 2.05) is 5.32 Å². The van der Waals surface area contributed by atoms with Crippen molar-refractivity contribution in [1.29, 1.82) is 0 Å². The van der Waals surface area contributed by atoms with Crippen LogP contribution < -0.4 is 14.9 Å². The molecule has 0 spiro atoms. The second-order valence-electron chi connectivity index (χ2n) is 17.7. The Hall–Kier alpha value is -5.79. The maximum Gasteiger partial charge on any atom is 0.435 e. The molecule has 3 aromatic heterocycles. The number of alkyl halides is 8. The van der Waals surface area contributed by atoms with Crippen molar-refractivity contribution in [1.82, 2.24) is 35.2 Å². The van der Waals surface area contributed by atoms with Gasteiger partial charge in [0.2, 0.25) is 15.9 Å². The Labute approximate surface area is 412 Å². The number of urea groups is 1. The number of hydrogen-bond acceptors (Lipinski definition) is 10. The number of aromatic nitrogens is 5. The summed E-state index contributed by atoms with van der Waals surface area (Å²) >= 11 is 6.57. The smallest absolute Gasteiger partial charge is 0.346 e. The average molecular weight is 1120 g/mol. The number of halogens is 11. The Balaban J connectivity index is 1.48. The van der Waals surface area contributed by atoms with Crippen LogP contribution in [0.2, 0.25) is 5.02 Å². The van der Waals surface area contributed by atoms with Gasteiger partial charge in [-0.05, 0) is 74.4 Å². The maximum absolute atomic E-state index is 15.6. The summed E-state index contributed by atoms with van der Waals surface area (Å²) in [6, 6.07) is 2.76. The summed E-state index contributed by atoms with van der Waals surface area (Å²) in [5.74, 6) is -6.36. The van der Waals surface area contributed by atoms with Gasteiger partial charge in [0.05, 0.1) is 40.1 Å². The Morgan fingerprint density at radius 3 is 2.18 bits per heavy atom. The molecule has 1 fully saturated rings. The fourth-order valence-electron chi connectivity index (χ4n) is 8.18. The highest BCUT2D eigenvalue weighted by Gasteiger charge is 2.68. The second-order valence-corrected chi connectivity index (χ2v) is 24.2. The second kappa shape index (κ2) is 18.9. The van der Waals surface area contributed by atoms with E-state index in [9.17, 15) is 75.9 Å². The molecule has 0 radical (unpaired) electrons. The van der Waals surface area contributed by atoms with Crippen LogP contribution in [0.15, 0.2) is 42.5 Å². The van der Waals surface area contributed by atoms with Gasteiger partial charge in [-0.1, -0.05) is 23.6 Å². The zero-order valence-corrected chi connectivity index (χ0v) is 41.2. The number of rotatable bonds is 14. The van der Waals surface area contributed by atoms with Crippen LogP contribution in [0.5, 0.6) is 0 Å². The fraction of sp³-hybridized carbons (Fsp3) is 0.405. The molecule has 31 heteroatoms. The molecule has 0 aliphatic heterocycles. The highest BCUT2D eigenvalue weighted by molar-refractivity contribution is 7.93. The molecule has 0 bridgehead atoms. The normalized spacial score (nSPS) is 17.1. The lowest BCUT2D eigenvalue weighted by atomic mass is 9.93. The zero-order valence-electron chi connectivity index (χ0n) is 37.9. The SMILES string of the molecule is CC(C)(C#Cc1ccc(-c2ccc(Cl)c3c(N(C(=O)NCCP(=O)(O)O)S(C)(=O)=O)nn(CC(F)(F)F)c23)c(C(Cc2cc(F)cc(F)c2)NC(=O)Cn2nc(C(F)(F)F)c3c2C(F)(F)[C@@H]2C[C@H]32)n1)S(C)(=O)=O. The van der Waals surface area contributed by atoms with Crippen molar-refractivity contribution in [3.05, 3.63) is 93.0 Å². The van der Waals surface area contributed by atoms with E-state index >= 15 is 8.78 Å². The molecule has 4 N–H and O–H groups in total. The van der Waals surface area contributed by atoms with Crippen LogP contribution in [0.1, 0.15) is 66.1 Å². The van der Waals surface area contributed by atoms with Gasteiger partial charge in [0.25, 0.3) is 5.92 Å². The fourth-order valence-corrected chi connectivity index (χ4v) is 9.87. The predicted molar refractivity (Wildman–Crippen MR) is 240 cm³/mol. The van der Waals surface area contributed by atoms with Gasteiger partial charge in [-0.25, -0.2) is 35.4 Å². The Kier molecular flexibility index (Phi) is 14.2. The predicted octanol–water partition coefficient (Wildman–Crippen LogP) is 6.94. The summed E-state index contributed by atoms with van der Waals surface area (Å²) in [4.78, 5) is 50.7. The van der Waals surface area contributed by atoms with Crippen molar-refractivity contribution in [2.24, 2.45) is 5.92 Å². The largest absolute Gasteiger partial charge is 0.435 e. The Morgan fingerprint density at radius 2 is 1.60 bits per heavy atom. The molecule has 3 atom stereocenters. The van der Waals surface area contributed by atoms with E-state index in [1.54, 1.807) is 0 Å². The van der Waals surface area contributed by atoms with Gasteiger partial charge >= 0.3 is 26.0 Å². The molecule has 3 heterocycles. The molecule has 394 valence electrons. The minimum Gasteiger partial charge on any atom is -0.346 e. The van der Waals surface area contributed by atoms with Gasteiger partial charge in [0, 0.05) is 41.5 Å². The third-order valence-corrected chi connectivity index (χ3v) is 15.8. The van der Waals surface area contributed by atoms with Crippen LogP contribution in [0.25, 0.3) is 22.0 Å². The van der Waals surface area contributed by atoms with Gasteiger partial charge in [0.1, 0.15) is 40.9 Å². The maximum atomic E-state index is 15.6. The third-order valence-electron chi connectivity index (χ3n) is 11.7.